The molecule has 134 valence electrons. The lowest BCUT2D eigenvalue weighted by Gasteiger charge is -2.45. The van der Waals surface area contributed by atoms with E-state index in [1.165, 1.54) is 0 Å². The highest BCUT2D eigenvalue weighted by Crippen LogP contribution is 2.50. The summed E-state index contributed by atoms with van der Waals surface area (Å²) in [6, 6.07) is 9.49. The highest BCUT2D eigenvalue weighted by atomic mass is 19.3. The Morgan fingerprint density at radius 1 is 1.12 bits per heavy atom. The molecule has 1 spiro atoms. The van der Waals surface area contributed by atoms with E-state index in [-0.39, 0.29) is 6.42 Å². The van der Waals surface area contributed by atoms with Crippen molar-refractivity contribution in [2.45, 2.75) is 32.2 Å². The van der Waals surface area contributed by atoms with Crippen molar-refractivity contribution in [1.29, 1.82) is 0 Å². The summed E-state index contributed by atoms with van der Waals surface area (Å²) >= 11 is 0. The van der Waals surface area contributed by atoms with Gasteiger partial charge in [-0.15, -0.1) is 0 Å². The van der Waals surface area contributed by atoms with Crippen molar-refractivity contribution in [2.75, 3.05) is 31.1 Å². The van der Waals surface area contributed by atoms with Gasteiger partial charge in [-0.3, -0.25) is 4.90 Å². The van der Waals surface area contributed by atoms with Gasteiger partial charge < -0.3 is 9.32 Å². The van der Waals surface area contributed by atoms with E-state index in [9.17, 15) is 8.78 Å². The normalized spacial score (nSPS) is 26.4. The molecule has 2 aliphatic rings. The molecule has 4 nitrogen and oxygen atoms in total. The van der Waals surface area contributed by atoms with Crippen LogP contribution in [0.4, 0.5) is 14.6 Å². The van der Waals surface area contributed by atoms with Crippen LogP contribution in [0.5, 0.6) is 0 Å². The van der Waals surface area contributed by atoms with Crippen molar-refractivity contribution in [3.8, 4) is 0 Å². The molecule has 2 saturated heterocycles. The van der Waals surface area contributed by atoms with E-state index in [0.717, 1.165) is 17.3 Å². The number of nitrogens with zero attached hydrogens (tertiary/aromatic N) is 3. The first kappa shape index (κ1) is 16.5. The first-order valence-electron chi connectivity index (χ1n) is 8.79. The summed E-state index contributed by atoms with van der Waals surface area (Å²) in [7, 11) is 0. The maximum atomic E-state index is 14.9. The van der Waals surface area contributed by atoms with Gasteiger partial charge in [-0.1, -0.05) is 6.07 Å². The Bertz CT molecular complexity index is 733. The van der Waals surface area contributed by atoms with Crippen LogP contribution in [0.3, 0.4) is 0 Å². The van der Waals surface area contributed by atoms with E-state index in [1.807, 2.05) is 42.2 Å². The number of hydrogen-bond donors (Lipinski definition) is 0. The predicted octanol–water partition coefficient (Wildman–Crippen LogP) is 3.72. The average Bonchev–Trinajstić information content (AvgIpc) is 3.20. The second kappa shape index (κ2) is 6.09. The second-order valence-electron chi connectivity index (χ2n) is 7.32. The molecule has 25 heavy (non-hydrogen) atoms. The molecule has 1 atom stereocenters. The highest BCUT2D eigenvalue weighted by molar-refractivity contribution is 5.40. The maximum absolute atomic E-state index is 14.9. The summed E-state index contributed by atoms with van der Waals surface area (Å²) < 4.78 is 35.4. The molecule has 0 saturated carbocycles. The Kier molecular flexibility index (Phi) is 4.02. The third-order valence-electron chi connectivity index (χ3n) is 5.55. The topological polar surface area (TPSA) is 32.5 Å². The Balaban J connectivity index is 1.52. The van der Waals surface area contributed by atoms with Gasteiger partial charge in [-0.2, -0.15) is 0 Å². The summed E-state index contributed by atoms with van der Waals surface area (Å²) in [6.07, 6.45) is 2.11. The molecule has 0 amide bonds. The predicted molar refractivity (Wildman–Crippen MR) is 91.8 cm³/mol. The van der Waals surface area contributed by atoms with Gasteiger partial charge in [0, 0.05) is 38.8 Å². The number of hydrogen-bond acceptors (Lipinski definition) is 4. The molecule has 0 aliphatic carbocycles. The lowest BCUT2D eigenvalue weighted by molar-refractivity contribution is -0.159. The fourth-order valence-corrected chi connectivity index (χ4v) is 4.15. The fraction of sp³-hybridized carbons (Fsp3) is 0.526. The van der Waals surface area contributed by atoms with Gasteiger partial charge in [0.05, 0.1) is 12.0 Å². The molecular formula is C19H23F2N3O. The maximum Gasteiger partial charge on any atom is 0.257 e. The lowest BCUT2D eigenvalue weighted by Crippen LogP contribution is -2.56. The van der Waals surface area contributed by atoms with E-state index in [1.54, 1.807) is 6.20 Å². The minimum Gasteiger partial charge on any atom is -0.465 e. The second-order valence-corrected chi connectivity index (χ2v) is 7.32. The minimum atomic E-state index is -2.65. The van der Waals surface area contributed by atoms with Gasteiger partial charge in [-0.25, -0.2) is 13.8 Å². The number of anilines is 1. The Hall–Kier alpha value is -1.95. The summed E-state index contributed by atoms with van der Waals surface area (Å²) in [5.74, 6) is -0.160. The van der Waals surface area contributed by atoms with E-state index in [2.05, 4.69) is 9.88 Å². The summed E-state index contributed by atoms with van der Waals surface area (Å²) in [5.41, 5.74) is -1.01. The summed E-state index contributed by atoms with van der Waals surface area (Å²) in [5, 5.41) is 0. The van der Waals surface area contributed by atoms with E-state index < -0.39 is 11.3 Å². The molecule has 2 aliphatic heterocycles. The molecule has 2 fully saturated rings. The van der Waals surface area contributed by atoms with Crippen molar-refractivity contribution >= 4 is 5.82 Å². The van der Waals surface area contributed by atoms with Crippen LogP contribution in [0.1, 0.15) is 24.4 Å². The molecule has 0 N–H and O–H groups in total. The molecule has 0 bridgehead atoms. The van der Waals surface area contributed by atoms with Crippen molar-refractivity contribution in [1.82, 2.24) is 9.88 Å². The van der Waals surface area contributed by atoms with Crippen molar-refractivity contribution in [2.24, 2.45) is 5.41 Å². The molecule has 1 unspecified atom stereocenters. The number of rotatable bonds is 3. The van der Waals surface area contributed by atoms with Crippen molar-refractivity contribution in [3.63, 3.8) is 0 Å². The van der Waals surface area contributed by atoms with Crippen LogP contribution in [-0.4, -0.2) is 42.0 Å². The smallest absolute Gasteiger partial charge is 0.257 e. The highest BCUT2D eigenvalue weighted by Gasteiger charge is 2.59. The monoisotopic (exact) mass is 347 g/mol. The molecule has 4 rings (SSSR count). The number of furan rings is 1. The van der Waals surface area contributed by atoms with Gasteiger partial charge >= 0.3 is 0 Å². The summed E-state index contributed by atoms with van der Waals surface area (Å²) in [4.78, 5) is 8.43. The van der Waals surface area contributed by atoms with Crippen molar-refractivity contribution in [3.05, 3.63) is 48.0 Å². The van der Waals surface area contributed by atoms with Crippen LogP contribution in [0, 0.1) is 12.3 Å². The SMILES string of the molecule is Cc1ccc(CN2CCC(F)(F)C3(CCN(c4ccccn4)C3)C2)o1. The van der Waals surface area contributed by atoms with Gasteiger partial charge in [0.25, 0.3) is 5.92 Å². The lowest BCUT2D eigenvalue weighted by atomic mass is 9.75. The summed E-state index contributed by atoms with van der Waals surface area (Å²) in [6.45, 7) is 4.26. The van der Waals surface area contributed by atoms with E-state index in [4.69, 9.17) is 4.42 Å². The zero-order chi connectivity index (χ0) is 17.5. The third-order valence-corrected chi connectivity index (χ3v) is 5.55. The number of pyridine rings is 1. The van der Waals surface area contributed by atoms with Crippen molar-refractivity contribution < 1.29 is 13.2 Å². The largest absolute Gasteiger partial charge is 0.465 e. The zero-order valence-electron chi connectivity index (χ0n) is 14.4. The third kappa shape index (κ3) is 3.03. The number of aryl methyl sites for hydroxylation is 1. The Morgan fingerprint density at radius 3 is 2.72 bits per heavy atom. The standard InChI is InChI=1S/C19H23F2N3O/c1-15-5-6-16(25-15)12-23-10-8-19(20,21)18(13-23)7-11-24(14-18)17-4-2-3-9-22-17/h2-6,9H,7-8,10-14H2,1H3. The van der Waals surface area contributed by atoms with Crippen LogP contribution in [0.25, 0.3) is 0 Å². The Morgan fingerprint density at radius 2 is 2.00 bits per heavy atom. The number of likely N-dealkylation sites (tertiary alicyclic amines) is 1. The molecule has 6 heteroatoms. The number of aromatic nitrogens is 1. The number of piperidine rings is 1. The quantitative estimate of drug-likeness (QED) is 0.847. The van der Waals surface area contributed by atoms with E-state index in [0.29, 0.717) is 39.1 Å². The first-order valence-corrected chi connectivity index (χ1v) is 8.79. The fourth-order valence-electron chi connectivity index (χ4n) is 4.15. The average molecular weight is 347 g/mol. The molecular weight excluding hydrogens is 324 g/mol. The van der Waals surface area contributed by atoms with Gasteiger partial charge in [0.1, 0.15) is 17.3 Å². The molecule has 2 aromatic rings. The molecule has 0 radical (unpaired) electrons. The van der Waals surface area contributed by atoms with Gasteiger partial charge in [-0.05, 0) is 37.6 Å². The number of alkyl halides is 2. The first-order chi connectivity index (χ1) is 12.0. The number of halogens is 2. The zero-order valence-corrected chi connectivity index (χ0v) is 14.4. The van der Waals surface area contributed by atoms with Gasteiger partial charge in [0.2, 0.25) is 0 Å². The molecule has 4 heterocycles. The van der Waals surface area contributed by atoms with Crippen LogP contribution >= 0.6 is 0 Å². The van der Waals surface area contributed by atoms with Crippen LogP contribution in [0.15, 0.2) is 40.9 Å². The van der Waals surface area contributed by atoms with Crippen LogP contribution in [0.2, 0.25) is 0 Å². The molecule has 2 aromatic heterocycles. The minimum absolute atomic E-state index is 0.0945. The molecule has 0 aromatic carbocycles. The van der Waals surface area contributed by atoms with Crippen LogP contribution in [-0.2, 0) is 6.54 Å². The van der Waals surface area contributed by atoms with Crippen LogP contribution < -0.4 is 4.90 Å². The van der Waals surface area contributed by atoms with Gasteiger partial charge in [0.15, 0.2) is 0 Å². The van der Waals surface area contributed by atoms with E-state index >= 15 is 0 Å². The Labute approximate surface area is 146 Å².